The normalized spacial score (nSPS) is 15.2. The minimum absolute atomic E-state index is 0.188. The Kier molecular flexibility index (Phi) is 6.03. The van der Waals surface area contributed by atoms with Crippen LogP contribution in [0.4, 0.5) is 5.82 Å². The number of ether oxygens (including phenoxy) is 1. The van der Waals surface area contributed by atoms with E-state index in [-0.39, 0.29) is 11.8 Å². The highest BCUT2D eigenvalue weighted by molar-refractivity contribution is 6.42. The lowest BCUT2D eigenvalue weighted by Gasteiger charge is -2.32. The zero-order chi connectivity index (χ0) is 17.8. The SMILES string of the molecule is N#Cc1nc(N2CCC(OCc3ccc(Cl)c(Cl)c3)CC2)ccc1Cl. The average Bonchev–Trinajstić information content (AvgIpc) is 2.63. The molecule has 1 fully saturated rings. The highest BCUT2D eigenvalue weighted by Crippen LogP contribution is 2.25. The molecule has 0 aliphatic carbocycles. The number of nitrogens with zero attached hydrogens (tertiary/aromatic N) is 3. The van der Waals surface area contributed by atoms with E-state index >= 15 is 0 Å². The Morgan fingerprint density at radius 3 is 2.48 bits per heavy atom. The van der Waals surface area contributed by atoms with E-state index in [9.17, 15) is 0 Å². The number of halogens is 3. The van der Waals surface area contributed by atoms with Crippen LogP contribution >= 0.6 is 34.8 Å². The quantitative estimate of drug-likeness (QED) is 0.721. The molecule has 7 heteroatoms. The summed E-state index contributed by atoms with van der Waals surface area (Å²) in [5, 5.41) is 10.5. The number of benzene rings is 1. The first-order valence-corrected chi connectivity index (χ1v) is 9.07. The first kappa shape index (κ1) is 18.3. The fourth-order valence-electron chi connectivity index (χ4n) is 2.78. The van der Waals surface area contributed by atoms with Gasteiger partial charge >= 0.3 is 0 Å². The van der Waals surface area contributed by atoms with Crippen molar-refractivity contribution in [2.75, 3.05) is 18.0 Å². The maximum Gasteiger partial charge on any atom is 0.161 e. The molecule has 0 bridgehead atoms. The third-order valence-electron chi connectivity index (χ3n) is 4.17. The molecule has 1 saturated heterocycles. The van der Waals surface area contributed by atoms with Crippen LogP contribution in [0.25, 0.3) is 0 Å². The molecule has 1 aromatic carbocycles. The lowest BCUT2D eigenvalue weighted by atomic mass is 10.1. The van der Waals surface area contributed by atoms with Gasteiger partial charge in [-0.05, 0) is 42.7 Å². The van der Waals surface area contributed by atoms with Crippen LogP contribution in [0.1, 0.15) is 24.1 Å². The van der Waals surface area contributed by atoms with Crippen molar-refractivity contribution in [3.63, 3.8) is 0 Å². The van der Waals surface area contributed by atoms with E-state index in [1.54, 1.807) is 12.1 Å². The second-order valence-electron chi connectivity index (χ2n) is 5.86. The van der Waals surface area contributed by atoms with Crippen LogP contribution in [0.2, 0.25) is 15.1 Å². The molecule has 1 aromatic heterocycles. The third kappa shape index (κ3) is 4.56. The van der Waals surface area contributed by atoms with Crippen LogP contribution in [-0.4, -0.2) is 24.2 Å². The van der Waals surface area contributed by atoms with Crippen LogP contribution in [-0.2, 0) is 11.3 Å². The van der Waals surface area contributed by atoms with Crippen molar-refractivity contribution in [3.05, 3.63) is 56.7 Å². The van der Waals surface area contributed by atoms with Gasteiger partial charge in [0.1, 0.15) is 11.9 Å². The molecule has 4 nitrogen and oxygen atoms in total. The Hall–Kier alpha value is -1.51. The predicted molar refractivity (Wildman–Crippen MR) is 100 cm³/mol. The number of hydrogen-bond acceptors (Lipinski definition) is 4. The van der Waals surface area contributed by atoms with E-state index in [4.69, 9.17) is 44.8 Å². The number of pyridine rings is 1. The predicted octanol–water partition coefficient (Wildman–Crippen LogP) is 5.10. The van der Waals surface area contributed by atoms with Crippen molar-refractivity contribution < 1.29 is 4.74 Å². The summed E-state index contributed by atoms with van der Waals surface area (Å²) < 4.78 is 5.99. The molecular weight excluding hydrogens is 381 g/mol. The lowest BCUT2D eigenvalue weighted by molar-refractivity contribution is 0.0250. The molecule has 2 heterocycles. The van der Waals surface area contributed by atoms with E-state index in [2.05, 4.69) is 9.88 Å². The molecule has 0 spiro atoms. The molecule has 0 radical (unpaired) electrons. The van der Waals surface area contributed by atoms with Crippen molar-refractivity contribution in [3.8, 4) is 6.07 Å². The van der Waals surface area contributed by atoms with E-state index in [1.807, 2.05) is 24.3 Å². The van der Waals surface area contributed by atoms with Gasteiger partial charge in [-0.1, -0.05) is 40.9 Å². The standard InChI is InChI=1S/C18H16Cl3N3O/c19-14-2-1-12(9-16(14)21)11-25-13-5-7-24(8-6-13)18-4-3-15(20)17(10-22)23-18/h1-4,9,13H,5-8,11H2. The van der Waals surface area contributed by atoms with E-state index < -0.39 is 0 Å². The van der Waals surface area contributed by atoms with E-state index in [1.165, 1.54) is 0 Å². The van der Waals surface area contributed by atoms with Gasteiger partial charge < -0.3 is 9.64 Å². The summed E-state index contributed by atoms with van der Waals surface area (Å²) in [5.41, 5.74) is 1.27. The van der Waals surface area contributed by atoms with Gasteiger partial charge in [0, 0.05) is 13.1 Å². The Labute approximate surface area is 161 Å². The molecule has 0 amide bonds. The third-order valence-corrected chi connectivity index (χ3v) is 5.22. The topological polar surface area (TPSA) is 49.2 Å². The van der Waals surface area contributed by atoms with E-state index in [0.29, 0.717) is 21.7 Å². The van der Waals surface area contributed by atoms with Crippen molar-refractivity contribution >= 4 is 40.6 Å². The van der Waals surface area contributed by atoms with Gasteiger partial charge in [-0.2, -0.15) is 5.26 Å². The summed E-state index contributed by atoms with van der Waals surface area (Å²) in [7, 11) is 0. The number of piperidine rings is 1. The maximum atomic E-state index is 9.05. The smallest absolute Gasteiger partial charge is 0.161 e. The summed E-state index contributed by atoms with van der Waals surface area (Å²) in [5.74, 6) is 0.781. The number of hydrogen-bond donors (Lipinski definition) is 0. The number of anilines is 1. The molecule has 0 unspecified atom stereocenters. The fraction of sp³-hybridized carbons (Fsp3) is 0.333. The molecule has 0 atom stereocenters. The van der Waals surface area contributed by atoms with Gasteiger partial charge in [0.05, 0.1) is 27.8 Å². The molecule has 0 N–H and O–H groups in total. The van der Waals surface area contributed by atoms with Crippen molar-refractivity contribution in [2.24, 2.45) is 0 Å². The van der Waals surface area contributed by atoms with Crippen LogP contribution in [0.3, 0.4) is 0 Å². The Morgan fingerprint density at radius 1 is 1.08 bits per heavy atom. The monoisotopic (exact) mass is 395 g/mol. The summed E-state index contributed by atoms with van der Waals surface area (Å²) in [4.78, 5) is 6.46. The second-order valence-corrected chi connectivity index (χ2v) is 7.08. The summed E-state index contributed by atoms with van der Waals surface area (Å²) in [6, 6.07) is 11.1. The Morgan fingerprint density at radius 2 is 1.80 bits per heavy atom. The summed E-state index contributed by atoms with van der Waals surface area (Å²) >= 11 is 17.9. The molecular formula is C18H16Cl3N3O. The molecule has 130 valence electrons. The zero-order valence-electron chi connectivity index (χ0n) is 13.4. The van der Waals surface area contributed by atoms with Crippen LogP contribution in [0.15, 0.2) is 30.3 Å². The van der Waals surface area contributed by atoms with Gasteiger partial charge in [-0.15, -0.1) is 0 Å². The molecule has 25 heavy (non-hydrogen) atoms. The minimum Gasteiger partial charge on any atom is -0.373 e. The maximum absolute atomic E-state index is 9.05. The fourth-order valence-corrected chi connectivity index (χ4v) is 3.25. The lowest BCUT2D eigenvalue weighted by Crippen LogP contribution is -2.37. The van der Waals surface area contributed by atoms with Gasteiger partial charge in [-0.3, -0.25) is 0 Å². The molecule has 1 aliphatic heterocycles. The van der Waals surface area contributed by atoms with Crippen LogP contribution < -0.4 is 4.90 Å². The van der Waals surface area contributed by atoms with Crippen molar-refractivity contribution in [2.45, 2.75) is 25.6 Å². The number of rotatable bonds is 4. The number of nitriles is 1. The van der Waals surface area contributed by atoms with Crippen LogP contribution in [0, 0.1) is 11.3 Å². The second kappa shape index (κ2) is 8.25. The molecule has 1 aliphatic rings. The summed E-state index contributed by atoms with van der Waals surface area (Å²) in [6.45, 7) is 2.16. The molecule has 0 saturated carbocycles. The highest BCUT2D eigenvalue weighted by atomic mass is 35.5. The first-order valence-electron chi connectivity index (χ1n) is 7.94. The Balaban J connectivity index is 1.53. The minimum atomic E-state index is 0.188. The van der Waals surface area contributed by atoms with Gasteiger partial charge in [0.25, 0.3) is 0 Å². The van der Waals surface area contributed by atoms with Crippen molar-refractivity contribution in [1.29, 1.82) is 5.26 Å². The van der Waals surface area contributed by atoms with Gasteiger partial charge in [0.15, 0.2) is 5.69 Å². The average molecular weight is 397 g/mol. The van der Waals surface area contributed by atoms with Gasteiger partial charge in [0.2, 0.25) is 0 Å². The molecule has 2 aromatic rings. The first-order chi connectivity index (χ1) is 12.1. The van der Waals surface area contributed by atoms with Crippen molar-refractivity contribution in [1.82, 2.24) is 4.98 Å². The number of aromatic nitrogens is 1. The molecule has 3 rings (SSSR count). The Bertz CT molecular complexity index is 799. The van der Waals surface area contributed by atoms with Gasteiger partial charge in [-0.25, -0.2) is 4.98 Å². The zero-order valence-corrected chi connectivity index (χ0v) is 15.7. The van der Waals surface area contributed by atoms with Crippen LogP contribution in [0.5, 0.6) is 0 Å². The van der Waals surface area contributed by atoms with E-state index in [0.717, 1.165) is 37.3 Å². The summed E-state index contributed by atoms with van der Waals surface area (Å²) in [6.07, 6.45) is 1.98. The highest BCUT2D eigenvalue weighted by Gasteiger charge is 2.21. The largest absolute Gasteiger partial charge is 0.373 e.